The zero-order valence-electron chi connectivity index (χ0n) is 12.0. The summed E-state index contributed by atoms with van der Waals surface area (Å²) >= 11 is 1.13. The number of hydrogen-bond donors (Lipinski definition) is 1. The fourth-order valence-electron chi connectivity index (χ4n) is 1.94. The van der Waals surface area contributed by atoms with Gasteiger partial charge in [0.15, 0.2) is 11.4 Å². The molecule has 3 aromatic rings. The van der Waals surface area contributed by atoms with E-state index in [-0.39, 0.29) is 22.3 Å². The number of hydrogen-bond acceptors (Lipinski definition) is 6. The number of aromatic amines is 1. The Bertz CT molecular complexity index is 925. The summed E-state index contributed by atoms with van der Waals surface area (Å²) in [5.41, 5.74) is 0.00297. The van der Waals surface area contributed by atoms with Crippen molar-refractivity contribution in [3.63, 3.8) is 0 Å². The first-order valence-corrected chi connectivity index (χ1v) is 7.34. The normalized spacial score (nSPS) is 11.3. The van der Waals surface area contributed by atoms with Gasteiger partial charge in [-0.15, -0.1) is 5.10 Å². The minimum Gasteiger partial charge on any atom is -0.431 e. The molecule has 0 spiro atoms. The lowest BCUT2D eigenvalue weighted by atomic mass is 10.2. The Labute approximate surface area is 137 Å². The molecule has 0 amide bonds. The molecule has 0 fully saturated rings. The molecule has 1 N–H and O–H groups in total. The first-order valence-electron chi connectivity index (χ1n) is 6.52. The van der Waals surface area contributed by atoms with Crippen LogP contribution in [-0.4, -0.2) is 20.4 Å². The number of nitrogens with zero attached hydrogens (tertiary/aromatic N) is 4. The van der Waals surface area contributed by atoms with E-state index < -0.39 is 11.7 Å². The Morgan fingerprint density at radius 3 is 2.79 bits per heavy atom. The van der Waals surface area contributed by atoms with E-state index in [4.69, 9.17) is 10.00 Å². The summed E-state index contributed by atoms with van der Waals surface area (Å²) in [5, 5.41) is 18.9. The molecule has 2 aromatic heterocycles. The first kappa shape index (κ1) is 15.9. The van der Waals surface area contributed by atoms with Gasteiger partial charge in [-0.05, 0) is 25.1 Å². The highest BCUT2D eigenvalue weighted by Gasteiger charge is 2.30. The van der Waals surface area contributed by atoms with Crippen molar-refractivity contribution in [3.8, 4) is 28.4 Å². The van der Waals surface area contributed by atoms with Gasteiger partial charge in [0.2, 0.25) is 0 Å². The molecule has 10 heteroatoms. The molecule has 122 valence electrons. The molecule has 1 aromatic carbocycles. The minimum atomic E-state index is -4.45. The van der Waals surface area contributed by atoms with Gasteiger partial charge >= 0.3 is 6.18 Å². The van der Waals surface area contributed by atoms with E-state index in [1.54, 1.807) is 6.92 Å². The third-order valence-electron chi connectivity index (χ3n) is 3.03. The fourth-order valence-corrected chi connectivity index (χ4v) is 2.72. The van der Waals surface area contributed by atoms with Gasteiger partial charge in [0.05, 0.1) is 5.56 Å². The van der Waals surface area contributed by atoms with Crippen molar-refractivity contribution < 1.29 is 17.9 Å². The zero-order chi connectivity index (χ0) is 17.3. The summed E-state index contributed by atoms with van der Waals surface area (Å²) in [6, 6.07) is 6.42. The van der Waals surface area contributed by atoms with E-state index >= 15 is 0 Å². The second kappa shape index (κ2) is 5.93. The number of aromatic nitrogens is 4. The Hall–Kier alpha value is -2.93. The number of benzene rings is 1. The van der Waals surface area contributed by atoms with Crippen LogP contribution < -0.4 is 4.74 Å². The number of alkyl halides is 3. The van der Waals surface area contributed by atoms with E-state index in [1.165, 1.54) is 12.1 Å². The van der Waals surface area contributed by atoms with Gasteiger partial charge in [0.1, 0.15) is 17.5 Å². The van der Waals surface area contributed by atoms with Crippen molar-refractivity contribution in [1.82, 2.24) is 20.4 Å². The van der Waals surface area contributed by atoms with Crippen molar-refractivity contribution in [2.45, 2.75) is 13.1 Å². The standard InChI is InChI=1S/C14H8F3N5OS/c1-7-11(12-10(6-18)20-22-21-12)19-13(24-7)23-9-4-2-3-8(5-9)14(15,16)17/h2-5H,1H3,(H,20,21,22). The summed E-state index contributed by atoms with van der Waals surface area (Å²) in [7, 11) is 0. The van der Waals surface area contributed by atoms with Crippen LogP contribution in [0.4, 0.5) is 13.2 Å². The maximum Gasteiger partial charge on any atom is 0.416 e. The molecule has 0 saturated heterocycles. The van der Waals surface area contributed by atoms with Gasteiger partial charge in [-0.1, -0.05) is 22.6 Å². The Morgan fingerprint density at radius 1 is 1.29 bits per heavy atom. The Kier molecular flexibility index (Phi) is 3.94. The number of thiazole rings is 1. The lowest BCUT2D eigenvalue weighted by molar-refractivity contribution is -0.137. The SMILES string of the molecule is Cc1sc(Oc2cccc(C(F)(F)F)c2)nc1-c1nn[nH]c1C#N. The smallest absolute Gasteiger partial charge is 0.416 e. The van der Waals surface area contributed by atoms with Crippen LogP contribution in [0, 0.1) is 18.3 Å². The van der Waals surface area contributed by atoms with Crippen molar-refractivity contribution >= 4 is 11.3 Å². The van der Waals surface area contributed by atoms with Gasteiger partial charge in [-0.3, -0.25) is 0 Å². The minimum absolute atomic E-state index is 0.0192. The number of nitrogens with one attached hydrogen (secondary N) is 1. The van der Waals surface area contributed by atoms with Gasteiger partial charge in [-0.25, -0.2) is 10.1 Å². The lowest BCUT2D eigenvalue weighted by Crippen LogP contribution is -2.04. The molecule has 0 radical (unpaired) electrons. The van der Waals surface area contributed by atoms with E-state index in [0.717, 1.165) is 23.5 Å². The predicted octanol–water partition coefficient (Wildman–Crippen LogP) is 3.92. The van der Waals surface area contributed by atoms with Crippen LogP contribution in [0.3, 0.4) is 0 Å². The molecule has 0 saturated carbocycles. The van der Waals surface area contributed by atoms with Crippen molar-refractivity contribution in [2.24, 2.45) is 0 Å². The summed E-state index contributed by atoms with van der Waals surface area (Å²) in [5.74, 6) is 0.0192. The van der Waals surface area contributed by atoms with Crippen molar-refractivity contribution in [2.75, 3.05) is 0 Å². The molecular weight excluding hydrogens is 343 g/mol. The van der Waals surface area contributed by atoms with Gasteiger partial charge < -0.3 is 4.74 Å². The Balaban J connectivity index is 1.91. The van der Waals surface area contributed by atoms with Crippen LogP contribution in [0.25, 0.3) is 11.4 Å². The van der Waals surface area contributed by atoms with Gasteiger partial charge in [-0.2, -0.15) is 18.4 Å². The molecule has 24 heavy (non-hydrogen) atoms. The average Bonchev–Trinajstić information content (AvgIpc) is 3.12. The second-order valence-electron chi connectivity index (χ2n) is 4.66. The molecule has 6 nitrogen and oxygen atoms in total. The van der Waals surface area contributed by atoms with Crippen LogP contribution in [0.15, 0.2) is 24.3 Å². The summed E-state index contributed by atoms with van der Waals surface area (Å²) in [6.45, 7) is 1.74. The quantitative estimate of drug-likeness (QED) is 0.773. The van der Waals surface area contributed by atoms with Gasteiger partial charge in [0, 0.05) is 4.88 Å². The highest BCUT2D eigenvalue weighted by molar-refractivity contribution is 7.13. The number of H-pyrrole nitrogens is 1. The van der Waals surface area contributed by atoms with E-state index in [2.05, 4.69) is 20.4 Å². The van der Waals surface area contributed by atoms with Crippen molar-refractivity contribution in [1.29, 1.82) is 5.26 Å². The molecule has 0 bridgehead atoms. The van der Waals surface area contributed by atoms with Crippen LogP contribution in [0.2, 0.25) is 0 Å². The molecular formula is C14H8F3N5OS. The zero-order valence-corrected chi connectivity index (χ0v) is 12.9. The molecule has 0 aliphatic carbocycles. The highest BCUT2D eigenvalue weighted by Crippen LogP contribution is 2.36. The fraction of sp³-hybridized carbons (Fsp3) is 0.143. The summed E-state index contributed by atoms with van der Waals surface area (Å²) in [6.07, 6.45) is -4.45. The summed E-state index contributed by atoms with van der Waals surface area (Å²) in [4.78, 5) is 4.89. The van der Waals surface area contributed by atoms with Crippen LogP contribution in [0.5, 0.6) is 10.9 Å². The van der Waals surface area contributed by atoms with Crippen LogP contribution in [-0.2, 0) is 6.18 Å². The number of aryl methyl sites for hydroxylation is 1. The summed E-state index contributed by atoms with van der Waals surface area (Å²) < 4.78 is 43.6. The van der Waals surface area contributed by atoms with E-state index in [1.807, 2.05) is 6.07 Å². The third-order valence-corrected chi connectivity index (χ3v) is 3.88. The largest absolute Gasteiger partial charge is 0.431 e. The number of halogens is 3. The van der Waals surface area contributed by atoms with Crippen LogP contribution >= 0.6 is 11.3 Å². The van der Waals surface area contributed by atoms with Gasteiger partial charge in [0.25, 0.3) is 5.19 Å². The molecule has 2 heterocycles. The van der Waals surface area contributed by atoms with Crippen LogP contribution in [0.1, 0.15) is 16.1 Å². The Morgan fingerprint density at radius 2 is 2.08 bits per heavy atom. The van der Waals surface area contributed by atoms with E-state index in [9.17, 15) is 13.2 Å². The topological polar surface area (TPSA) is 87.5 Å². The molecule has 3 rings (SSSR count). The number of rotatable bonds is 3. The molecule has 0 unspecified atom stereocenters. The molecule has 0 aliphatic heterocycles. The second-order valence-corrected chi connectivity index (χ2v) is 5.83. The predicted molar refractivity (Wildman–Crippen MR) is 78.5 cm³/mol. The maximum absolute atomic E-state index is 12.7. The van der Waals surface area contributed by atoms with Crippen molar-refractivity contribution in [3.05, 3.63) is 40.4 Å². The lowest BCUT2D eigenvalue weighted by Gasteiger charge is -2.08. The maximum atomic E-state index is 12.7. The molecule has 0 atom stereocenters. The number of ether oxygens (including phenoxy) is 1. The van der Waals surface area contributed by atoms with E-state index in [0.29, 0.717) is 10.6 Å². The number of nitriles is 1. The monoisotopic (exact) mass is 351 g/mol. The first-order chi connectivity index (χ1) is 11.4. The molecule has 0 aliphatic rings. The third kappa shape index (κ3) is 3.07. The highest BCUT2D eigenvalue weighted by atomic mass is 32.1. The average molecular weight is 351 g/mol.